The predicted octanol–water partition coefficient (Wildman–Crippen LogP) is 4.18. The first-order chi connectivity index (χ1) is 12.7. The van der Waals surface area contributed by atoms with Gasteiger partial charge in [-0.05, 0) is 42.5 Å². The number of aromatic nitrogens is 3. The summed E-state index contributed by atoms with van der Waals surface area (Å²) in [5.74, 6) is 0.275. The van der Waals surface area contributed by atoms with Gasteiger partial charge >= 0.3 is 6.03 Å². The van der Waals surface area contributed by atoms with Gasteiger partial charge in [-0.25, -0.2) is 19.2 Å². The second kappa shape index (κ2) is 6.64. The minimum absolute atomic E-state index is 0.353. The van der Waals surface area contributed by atoms with Gasteiger partial charge in [-0.1, -0.05) is 12.1 Å². The number of halogens is 1. The van der Waals surface area contributed by atoms with E-state index in [0.717, 1.165) is 11.3 Å². The van der Waals surface area contributed by atoms with Crippen molar-refractivity contribution in [3.8, 4) is 11.3 Å². The summed E-state index contributed by atoms with van der Waals surface area (Å²) in [6, 6.07) is 14.3. The molecule has 0 aliphatic carbocycles. The number of rotatable bonds is 3. The van der Waals surface area contributed by atoms with Crippen LogP contribution in [0, 0.1) is 5.82 Å². The van der Waals surface area contributed by atoms with E-state index < -0.39 is 6.03 Å². The number of hydrogen-bond donors (Lipinski definition) is 2. The Hall–Kier alpha value is -3.74. The zero-order chi connectivity index (χ0) is 17.9. The highest BCUT2D eigenvalue weighted by molar-refractivity contribution is 5.99. The summed E-state index contributed by atoms with van der Waals surface area (Å²) in [6.07, 6.45) is 5.47. The highest BCUT2D eigenvalue weighted by Crippen LogP contribution is 2.21. The molecule has 0 spiro atoms. The number of urea groups is 1. The van der Waals surface area contributed by atoms with Crippen LogP contribution in [0.25, 0.3) is 17.0 Å². The summed E-state index contributed by atoms with van der Waals surface area (Å²) >= 11 is 0. The van der Waals surface area contributed by atoms with Crippen molar-refractivity contribution in [2.45, 2.75) is 0 Å². The molecule has 0 saturated carbocycles. The Morgan fingerprint density at radius 2 is 1.62 bits per heavy atom. The third-order valence-electron chi connectivity index (χ3n) is 3.78. The highest BCUT2D eigenvalue weighted by Gasteiger charge is 2.06. The normalized spacial score (nSPS) is 10.7. The van der Waals surface area contributed by atoms with E-state index in [-0.39, 0.29) is 5.82 Å². The van der Waals surface area contributed by atoms with Crippen molar-refractivity contribution >= 4 is 23.2 Å². The summed E-state index contributed by atoms with van der Waals surface area (Å²) in [4.78, 5) is 20.6. The van der Waals surface area contributed by atoms with Crippen molar-refractivity contribution in [1.82, 2.24) is 14.4 Å². The quantitative estimate of drug-likeness (QED) is 0.584. The molecule has 26 heavy (non-hydrogen) atoms. The standard InChI is InChI=1S/C19H14FN5O/c20-14-4-8-16(9-5-14)23-19(26)22-15-6-2-13(3-7-15)17-12-25-11-1-10-21-18(25)24-17/h1-12H,(H2,22,23,26). The van der Waals surface area contributed by atoms with Crippen LogP contribution in [0.5, 0.6) is 0 Å². The third-order valence-corrected chi connectivity index (χ3v) is 3.78. The fraction of sp³-hybridized carbons (Fsp3) is 0. The lowest BCUT2D eigenvalue weighted by atomic mass is 10.1. The molecule has 0 aliphatic rings. The number of anilines is 2. The minimum atomic E-state index is -0.402. The van der Waals surface area contributed by atoms with Crippen molar-refractivity contribution in [3.63, 3.8) is 0 Å². The predicted molar refractivity (Wildman–Crippen MR) is 97.5 cm³/mol. The van der Waals surface area contributed by atoms with Gasteiger partial charge in [0.15, 0.2) is 0 Å². The first kappa shape index (κ1) is 15.8. The second-order valence-corrected chi connectivity index (χ2v) is 5.62. The second-order valence-electron chi connectivity index (χ2n) is 5.62. The smallest absolute Gasteiger partial charge is 0.308 e. The summed E-state index contributed by atoms with van der Waals surface area (Å²) in [6.45, 7) is 0. The average Bonchev–Trinajstić information content (AvgIpc) is 3.08. The van der Waals surface area contributed by atoms with E-state index in [0.29, 0.717) is 17.2 Å². The van der Waals surface area contributed by atoms with E-state index in [1.807, 2.05) is 35.0 Å². The van der Waals surface area contributed by atoms with E-state index in [1.54, 1.807) is 18.3 Å². The van der Waals surface area contributed by atoms with Crippen LogP contribution in [0.15, 0.2) is 73.2 Å². The van der Waals surface area contributed by atoms with Crippen molar-refractivity contribution in [1.29, 1.82) is 0 Å². The number of imidazole rings is 1. The van der Waals surface area contributed by atoms with E-state index in [9.17, 15) is 9.18 Å². The lowest BCUT2D eigenvalue weighted by molar-refractivity contribution is 0.262. The van der Waals surface area contributed by atoms with Crippen LogP contribution in [0.1, 0.15) is 0 Å². The van der Waals surface area contributed by atoms with Crippen molar-refractivity contribution in [2.24, 2.45) is 0 Å². The summed E-state index contributed by atoms with van der Waals surface area (Å²) < 4.78 is 14.7. The van der Waals surface area contributed by atoms with Gasteiger partial charge in [-0.3, -0.25) is 4.40 Å². The van der Waals surface area contributed by atoms with Crippen molar-refractivity contribution < 1.29 is 9.18 Å². The number of fused-ring (bicyclic) bond motifs is 1. The Bertz CT molecular complexity index is 1020. The first-order valence-corrected chi connectivity index (χ1v) is 7.91. The molecule has 0 radical (unpaired) electrons. The Balaban J connectivity index is 1.45. The SMILES string of the molecule is O=C(Nc1ccc(F)cc1)Nc1ccc(-c2cn3cccnc3n2)cc1. The Labute approximate surface area is 148 Å². The van der Waals surface area contributed by atoms with Crippen molar-refractivity contribution in [2.75, 3.05) is 10.6 Å². The molecule has 6 nitrogen and oxygen atoms in total. The summed E-state index contributed by atoms with van der Waals surface area (Å²) in [5.41, 5.74) is 2.86. The fourth-order valence-electron chi connectivity index (χ4n) is 2.52. The van der Waals surface area contributed by atoms with Gasteiger partial charge in [0.05, 0.1) is 5.69 Å². The third kappa shape index (κ3) is 3.36. The molecule has 2 amide bonds. The number of amides is 2. The molecule has 0 fully saturated rings. The molecule has 2 aromatic heterocycles. The van der Waals surface area contributed by atoms with Crippen LogP contribution < -0.4 is 10.6 Å². The molecule has 128 valence electrons. The van der Waals surface area contributed by atoms with Gasteiger partial charge in [0.25, 0.3) is 0 Å². The molecule has 4 aromatic rings. The maximum Gasteiger partial charge on any atom is 0.323 e. The summed E-state index contributed by atoms with van der Waals surface area (Å²) in [7, 11) is 0. The summed E-state index contributed by atoms with van der Waals surface area (Å²) in [5, 5.41) is 5.37. The number of nitrogens with zero attached hydrogens (tertiary/aromatic N) is 3. The molecular weight excluding hydrogens is 333 g/mol. The van der Waals surface area contributed by atoms with Crippen LogP contribution in [-0.2, 0) is 0 Å². The molecular formula is C19H14FN5O. The van der Waals surface area contributed by atoms with Gasteiger partial charge in [-0.2, -0.15) is 0 Å². The molecule has 4 rings (SSSR count). The van der Waals surface area contributed by atoms with Gasteiger partial charge in [-0.15, -0.1) is 0 Å². The van der Waals surface area contributed by atoms with Gasteiger partial charge in [0, 0.05) is 35.5 Å². The van der Waals surface area contributed by atoms with E-state index >= 15 is 0 Å². The van der Waals surface area contributed by atoms with Gasteiger partial charge in [0.1, 0.15) is 5.82 Å². The van der Waals surface area contributed by atoms with Crippen LogP contribution in [0.2, 0.25) is 0 Å². The van der Waals surface area contributed by atoms with Crippen LogP contribution >= 0.6 is 0 Å². The molecule has 2 N–H and O–H groups in total. The Morgan fingerprint density at radius 1 is 0.962 bits per heavy atom. The molecule has 0 atom stereocenters. The monoisotopic (exact) mass is 347 g/mol. The number of carbonyl (C=O) groups is 1. The van der Waals surface area contributed by atoms with E-state index in [1.165, 1.54) is 24.3 Å². The lowest BCUT2D eigenvalue weighted by Gasteiger charge is -2.08. The molecule has 0 saturated heterocycles. The maximum absolute atomic E-state index is 12.9. The zero-order valence-corrected chi connectivity index (χ0v) is 13.6. The average molecular weight is 347 g/mol. The lowest BCUT2D eigenvalue weighted by Crippen LogP contribution is -2.19. The topological polar surface area (TPSA) is 71.3 Å². The van der Waals surface area contributed by atoms with Crippen LogP contribution in [-0.4, -0.2) is 20.4 Å². The van der Waals surface area contributed by atoms with Gasteiger partial charge in [0.2, 0.25) is 5.78 Å². The number of benzene rings is 2. The molecule has 0 bridgehead atoms. The van der Waals surface area contributed by atoms with E-state index in [4.69, 9.17) is 0 Å². The van der Waals surface area contributed by atoms with E-state index in [2.05, 4.69) is 20.6 Å². The molecule has 7 heteroatoms. The number of hydrogen-bond acceptors (Lipinski definition) is 3. The molecule has 2 aromatic carbocycles. The first-order valence-electron chi connectivity index (χ1n) is 7.91. The Kier molecular flexibility index (Phi) is 4.03. The molecule has 2 heterocycles. The fourth-order valence-corrected chi connectivity index (χ4v) is 2.52. The number of nitrogens with one attached hydrogen (secondary N) is 2. The maximum atomic E-state index is 12.9. The Morgan fingerprint density at radius 3 is 2.27 bits per heavy atom. The van der Waals surface area contributed by atoms with Crippen molar-refractivity contribution in [3.05, 3.63) is 79.0 Å². The zero-order valence-electron chi connectivity index (χ0n) is 13.6. The largest absolute Gasteiger partial charge is 0.323 e. The van der Waals surface area contributed by atoms with Gasteiger partial charge < -0.3 is 10.6 Å². The minimum Gasteiger partial charge on any atom is -0.308 e. The number of carbonyl (C=O) groups excluding carboxylic acids is 1. The molecule has 0 unspecified atom stereocenters. The van der Waals surface area contributed by atoms with Crippen LogP contribution in [0.3, 0.4) is 0 Å². The van der Waals surface area contributed by atoms with Crippen LogP contribution in [0.4, 0.5) is 20.6 Å². The molecule has 0 aliphatic heterocycles. The highest BCUT2D eigenvalue weighted by atomic mass is 19.1.